The number of nitrogens with zero attached hydrogens (tertiary/aromatic N) is 2. The van der Waals surface area contributed by atoms with Crippen LogP contribution in [0.15, 0.2) is 36.5 Å². The standard InChI is InChI=1S/C14H10ClN3O/c1-9-3-2-4-12(11(9)8-16)18-14(19)10-5-6-17-13(15)7-10/h2-7H,1H3,(H,18,19). The Hall–Kier alpha value is -2.38. The molecule has 0 aliphatic heterocycles. The number of nitrogens with one attached hydrogen (secondary N) is 1. The number of anilines is 1. The number of halogens is 1. The molecule has 19 heavy (non-hydrogen) atoms. The van der Waals surface area contributed by atoms with Crippen molar-refractivity contribution in [3.8, 4) is 6.07 Å². The van der Waals surface area contributed by atoms with Gasteiger partial charge in [-0.05, 0) is 30.7 Å². The Morgan fingerprint density at radius 2 is 2.21 bits per heavy atom. The van der Waals surface area contributed by atoms with Gasteiger partial charge in [0, 0.05) is 11.8 Å². The number of benzene rings is 1. The van der Waals surface area contributed by atoms with Gasteiger partial charge in [0.2, 0.25) is 0 Å². The fraction of sp³-hybridized carbons (Fsp3) is 0.0714. The van der Waals surface area contributed by atoms with Gasteiger partial charge in [-0.3, -0.25) is 4.79 Å². The van der Waals surface area contributed by atoms with Crippen LogP contribution in [0.2, 0.25) is 5.15 Å². The van der Waals surface area contributed by atoms with Crippen LogP contribution in [-0.4, -0.2) is 10.9 Å². The largest absolute Gasteiger partial charge is 0.321 e. The molecular formula is C14H10ClN3O. The zero-order chi connectivity index (χ0) is 13.8. The average Bonchev–Trinajstić information content (AvgIpc) is 2.39. The molecule has 94 valence electrons. The molecule has 0 atom stereocenters. The molecule has 0 unspecified atom stereocenters. The van der Waals surface area contributed by atoms with Crippen LogP contribution < -0.4 is 5.32 Å². The summed E-state index contributed by atoms with van der Waals surface area (Å²) in [6.07, 6.45) is 1.46. The number of aromatic nitrogens is 1. The second-order valence-electron chi connectivity index (χ2n) is 3.93. The minimum atomic E-state index is -0.327. The van der Waals surface area contributed by atoms with E-state index in [0.717, 1.165) is 5.56 Å². The summed E-state index contributed by atoms with van der Waals surface area (Å²) in [4.78, 5) is 15.8. The molecule has 1 heterocycles. The summed E-state index contributed by atoms with van der Waals surface area (Å²) >= 11 is 5.73. The summed E-state index contributed by atoms with van der Waals surface area (Å²) in [7, 11) is 0. The van der Waals surface area contributed by atoms with Crippen molar-refractivity contribution in [2.75, 3.05) is 5.32 Å². The van der Waals surface area contributed by atoms with Gasteiger partial charge in [-0.15, -0.1) is 0 Å². The Balaban J connectivity index is 2.30. The highest BCUT2D eigenvalue weighted by Gasteiger charge is 2.10. The van der Waals surface area contributed by atoms with Gasteiger partial charge in [0.25, 0.3) is 5.91 Å². The van der Waals surface area contributed by atoms with Crippen molar-refractivity contribution in [3.63, 3.8) is 0 Å². The first-order valence-corrected chi connectivity index (χ1v) is 5.92. The van der Waals surface area contributed by atoms with Gasteiger partial charge in [0.05, 0.1) is 11.3 Å². The van der Waals surface area contributed by atoms with Crippen molar-refractivity contribution >= 4 is 23.2 Å². The quantitative estimate of drug-likeness (QED) is 0.853. The van der Waals surface area contributed by atoms with Gasteiger partial charge in [-0.2, -0.15) is 5.26 Å². The van der Waals surface area contributed by atoms with E-state index in [1.807, 2.05) is 13.0 Å². The Labute approximate surface area is 115 Å². The molecule has 0 radical (unpaired) electrons. The van der Waals surface area contributed by atoms with E-state index in [1.54, 1.807) is 18.2 Å². The summed E-state index contributed by atoms with van der Waals surface area (Å²) in [6.45, 7) is 1.82. The SMILES string of the molecule is Cc1cccc(NC(=O)c2ccnc(Cl)c2)c1C#N. The van der Waals surface area contributed by atoms with Gasteiger partial charge >= 0.3 is 0 Å². The Morgan fingerprint density at radius 1 is 1.42 bits per heavy atom. The molecule has 5 heteroatoms. The molecule has 0 saturated heterocycles. The Bertz CT molecular complexity index is 677. The lowest BCUT2D eigenvalue weighted by atomic mass is 10.1. The molecule has 0 aliphatic carbocycles. The van der Waals surface area contributed by atoms with E-state index in [4.69, 9.17) is 16.9 Å². The van der Waals surface area contributed by atoms with E-state index in [1.165, 1.54) is 12.3 Å². The lowest BCUT2D eigenvalue weighted by Gasteiger charge is -2.08. The minimum absolute atomic E-state index is 0.248. The smallest absolute Gasteiger partial charge is 0.255 e. The monoisotopic (exact) mass is 271 g/mol. The number of carbonyl (C=O) groups excluding carboxylic acids is 1. The summed E-state index contributed by atoms with van der Waals surface area (Å²) in [5, 5.41) is 12.0. The normalized spacial score (nSPS) is 9.74. The molecule has 0 fully saturated rings. The van der Waals surface area contributed by atoms with Gasteiger partial charge in [0.15, 0.2) is 0 Å². The second-order valence-corrected chi connectivity index (χ2v) is 4.32. The first kappa shape index (κ1) is 13.1. The Kier molecular flexibility index (Phi) is 3.79. The van der Waals surface area contributed by atoms with Gasteiger partial charge < -0.3 is 5.32 Å². The maximum atomic E-state index is 12.0. The maximum Gasteiger partial charge on any atom is 0.255 e. The van der Waals surface area contributed by atoms with E-state index in [2.05, 4.69) is 16.4 Å². The van der Waals surface area contributed by atoms with Crippen molar-refractivity contribution in [2.24, 2.45) is 0 Å². The summed E-state index contributed by atoms with van der Waals surface area (Å²) in [5.74, 6) is -0.327. The molecule has 0 aliphatic rings. The van der Waals surface area contributed by atoms with Gasteiger partial charge in [-0.25, -0.2) is 4.98 Å². The molecule has 0 spiro atoms. The van der Waals surface area contributed by atoms with Crippen molar-refractivity contribution in [1.29, 1.82) is 5.26 Å². The van der Waals surface area contributed by atoms with E-state index in [9.17, 15) is 4.79 Å². The molecular weight excluding hydrogens is 262 g/mol. The number of amides is 1. The van der Waals surface area contributed by atoms with E-state index < -0.39 is 0 Å². The number of aryl methyl sites for hydroxylation is 1. The Morgan fingerprint density at radius 3 is 2.89 bits per heavy atom. The molecule has 1 aromatic heterocycles. The number of hydrogen-bond donors (Lipinski definition) is 1. The molecule has 0 bridgehead atoms. The van der Waals surface area contributed by atoms with Crippen LogP contribution in [0.25, 0.3) is 0 Å². The number of rotatable bonds is 2. The molecule has 1 amide bonds. The van der Waals surface area contributed by atoms with Crippen molar-refractivity contribution in [2.45, 2.75) is 6.92 Å². The van der Waals surface area contributed by atoms with Crippen molar-refractivity contribution < 1.29 is 4.79 Å². The number of hydrogen-bond acceptors (Lipinski definition) is 3. The highest BCUT2D eigenvalue weighted by atomic mass is 35.5. The van der Waals surface area contributed by atoms with Crippen LogP contribution in [0.3, 0.4) is 0 Å². The van der Waals surface area contributed by atoms with Crippen LogP contribution >= 0.6 is 11.6 Å². The molecule has 0 saturated carbocycles. The van der Waals surface area contributed by atoms with Gasteiger partial charge in [0.1, 0.15) is 11.2 Å². The third-order valence-corrected chi connectivity index (χ3v) is 2.83. The number of nitriles is 1. The van der Waals surface area contributed by atoms with Crippen molar-refractivity contribution in [1.82, 2.24) is 4.98 Å². The molecule has 2 rings (SSSR count). The van der Waals surface area contributed by atoms with E-state index in [-0.39, 0.29) is 11.1 Å². The fourth-order valence-corrected chi connectivity index (χ4v) is 1.83. The zero-order valence-electron chi connectivity index (χ0n) is 10.1. The fourth-order valence-electron chi connectivity index (χ4n) is 1.66. The number of carbonyl (C=O) groups is 1. The maximum absolute atomic E-state index is 12.0. The predicted molar refractivity (Wildman–Crippen MR) is 73.1 cm³/mol. The first-order chi connectivity index (χ1) is 9.11. The van der Waals surface area contributed by atoms with Crippen LogP contribution in [0.1, 0.15) is 21.5 Å². The summed E-state index contributed by atoms with van der Waals surface area (Å²) in [6, 6.07) is 10.4. The average molecular weight is 272 g/mol. The van der Waals surface area contributed by atoms with Crippen LogP contribution in [0.4, 0.5) is 5.69 Å². The molecule has 4 nitrogen and oxygen atoms in total. The van der Waals surface area contributed by atoms with Gasteiger partial charge in [-0.1, -0.05) is 23.7 Å². The van der Waals surface area contributed by atoms with Crippen LogP contribution in [0.5, 0.6) is 0 Å². The lowest BCUT2D eigenvalue weighted by Crippen LogP contribution is -2.13. The van der Waals surface area contributed by atoms with Crippen LogP contribution in [0, 0.1) is 18.3 Å². The van der Waals surface area contributed by atoms with E-state index in [0.29, 0.717) is 16.8 Å². The third kappa shape index (κ3) is 2.90. The highest BCUT2D eigenvalue weighted by molar-refractivity contribution is 6.29. The zero-order valence-corrected chi connectivity index (χ0v) is 10.9. The first-order valence-electron chi connectivity index (χ1n) is 5.54. The second kappa shape index (κ2) is 5.51. The number of pyridine rings is 1. The van der Waals surface area contributed by atoms with E-state index >= 15 is 0 Å². The molecule has 1 aromatic carbocycles. The summed E-state index contributed by atoms with van der Waals surface area (Å²) < 4.78 is 0. The lowest BCUT2D eigenvalue weighted by molar-refractivity contribution is 0.102. The highest BCUT2D eigenvalue weighted by Crippen LogP contribution is 2.19. The minimum Gasteiger partial charge on any atom is -0.321 e. The van der Waals surface area contributed by atoms with Crippen molar-refractivity contribution in [3.05, 3.63) is 58.4 Å². The molecule has 1 N–H and O–H groups in total. The molecule has 2 aromatic rings. The summed E-state index contributed by atoms with van der Waals surface area (Å²) in [5.41, 5.74) is 2.15. The topological polar surface area (TPSA) is 65.8 Å². The third-order valence-electron chi connectivity index (χ3n) is 2.62. The van der Waals surface area contributed by atoms with Crippen LogP contribution in [-0.2, 0) is 0 Å². The predicted octanol–water partition coefficient (Wildman–Crippen LogP) is 3.17.